The summed E-state index contributed by atoms with van der Waals surface area (Å²) in [7, 11) is 0. The Hall–Kier alpha value is -0.710. The number of halogens is 3. The molecule has 0 aliphatic rings. The van der Waals surface area contributed by atoms with Crippen LogP contribution in [-0.4, -0.2) is 4.98 Å². The molecule has 0 saturated heterocycles. The standard InChI is InChI=1S/C7H7BrF2N2/c1-3-6(7(9)10)4(11)2-5(8)12-3/h2,7H,1H3,(H2,11,12). The number of aromatic nitrogens is 1. The van der Waals surface area contributed by atoms with Gasteiger partial charge in [0.1, 0.15) is 4.60 Å². The quantitative estimate of drug-likeness (QED) is 0.762. The number of nitrogens with zero attached hydrogens (tertiary/aromatic N) is 1. The molecule has 0 aliphatic heterocycles. The predicted octanol–water partition coefficient (Wildman–Crippen LogP) is 2.67. The summed E-state index contributed by atoms with van der Waals surface area (Å²) in [6, 6.07) is 1.37. The van der Waals surface area contributed by atoms with E-state index < -0.39 is 6.43 Å². The van der Waals surface area contributed by atoms with Gasteiger partial charge in [-0.1, -0.05) is 0 Å². The van der Waals surface area contributed by atoms with Crippen LogP contribution in [0.15, 0.2) is 10.7 Å². The van der Waals surface area contributed by atoms with E-state index in [2.05, 4.69) is 20.9 Å². The highest BCUT2D eigenvalue weighted by atomic mass is 79.9. The van der Waals surface area contributed by atoms with E-state index >= 15 is 0 Å². The Morgan fingerprint density at radius 2 is 2.17 bits per heavy atom. The van der Waals surface area contributed by atoms with Crippen LogP contribution < -0.4 is 5.73 Å². The fourth-order valence-corrected chi connectivity index (χ4v) is 1.46. The summed E-state index contributed by atoms with van der Waals surface area (Å²) >= 11 is 3.06. The van der Waals surface area contributed by atoms with Crippen molar-refractivity contribution in [1.82, 2.24) is 4.98 Å². The largest absolute Gasteiger partial charge is 0.398 e. The van der Waals surface area contributed by atoms with Gasteiger partial charge in [0.05, 0.1) is 5.56 Å². The molecule has 66 valence electrons. The Morgan fingerprint density at radius 3 is 2.58 bits per heavy atom. The van der Waals surface area contributed by atoms with Gasteiger partial charge in [-0.25, -0.2) is 13.8 Å². The van der Waals surface area contributed by atoms with Gasteiger partial charge in [-0.15, -0.1) is 0 Å². The fraction of sp³-hybridized carbons (Fsp3) is 0.286. The summed E-state index contributed by atoms with van der Waals surface area (Å²) < 4.78 is 25.0. The number of rotatable bonds is 1. The summed E-state index contributed by atoms with van der Waals surface area (Å²) in [5.74, 6) is 0. The third kappa shape index (κ3) is 1.72. The molecule has 0 spiro atoms. The molecule has 5 heteroatoms. The van der Waals surface area contributed by atoms with Gasteiger partial charge in [-0.05, 0) is 28.9 Å². The monoisotopic (exact) mass is 236 g/mol. The molecule has 2 N–H and O–H groups in total. The number of hydrogen-bond donors (Lipinski definition) is 1. The third-order valence-electron chi connectivity index (χ3n) is 1.47. The van der Waals surface area contributed by atoms with Crippen molar-refractivity contribution in [3.05, 3.63) is 21.9 Å². The zero-order valence-corrected chi connectivity index (χ0v) is 7.90. The Kier molecular flexibility index (Phi) is 2.62. The van der Waals surface area contributed by atoms with Crippen LogP contribution in [0.1, 0.15) is 17.7 Å². The third-order valence-corrected chi connectivity index (χ3v) is 1.87. The van der Waals surface area contributed by atoms with E-state index in [1.54, 1.807) is 0 Å². The molecule has 1 heterocycles. The Morgan fingerprint density at radius 1 is 1.58 bits per heavy atom. The smallest absolute Gasteiger partial charge is 0.267 e. The van der Waals surface area contributed by atoms with Crippen molar-refractivity contribution in [3.8, 4) is 0 Å². The van der Waals surface area contributed by atoms with Gasteiger partial charge in [-0.3, -0.25) is 0 Å². The van der Waals surface area contributed by atoms with Gasteiger partial charge >= 0.3 is 0 Å². The molecule has 0 fully saturated rings. The molecule has 0 atom stereocenters. The van der Waals surface area contributed by atoms with Gasteiger partial charge in [0.2, 0.25) is 0 Å². The molecule has 1 aromatic rings. The first-order chi connectivity index (χ1) is 5.52. The molecule has 0 radical (unpaired) electrons. The van der Waals surface area contributed by atoms with Gasteiger partial charge in [0.25, 0.3) is 6.43 Å². The second-order valence-electron chi connectivity index (χ2n) is 2.33. The molecule has 0 saturated carbocycles. The summed E-state index contributed by atoms with van der Waals surface area (Å²) in [6.45, 7) is 1.50. The van der Waals surface area contributed by atoms with Crippen LogP contribution in [0.5, 0.6) is 0 Å². The zero-order valence-electron chi connectivity index (χ0n) is 6.31. The summed E-state index contributed by atoms with van der Waals surface area (Å²) in [6.07, 6.45) is -2.56. The van der Waals surface area contributed by atoms with Crippen molar-refractivity contribution >= 4 is 21.6 Å². The van der Waals surface area contributed by atoms with E-state index in [-0.39, 0.29) is 16.9 Å². The highest BCUT2D eigenvalue weighted by Crippen LogP contribution is 2.28. The van der Waals surface area contributed by atoms with Crippen LogP contribution in [0.4, 0.5) is 14.5 Å². The SMILES string of the molecule is Cc1nc(Br)cc(N)c1C(F)F. The van der Waals surface area contributed by atoms with Crippen molar-refractivity contribution in [2.75, 3.05) is 5.73 Å². The Labute approximate surface area is 76.9 Å². The van der Waals surface area contributed by atoms with Crippen molar-refractivity contribution in [2.24, 2.45) is 0 Å². The maximum absolute atomic E-state index is 12.3. The number of hydrogen-bond acceptors (Lipinski definition) is 2. The highest BCUT2D eigenvalue weighted by Gasteiger charge is 2.15. The van der Waals surface area contributed by atoms with Crippen LogP contribution in [0, 0.1) is 6.92 Å². The summed E-state index contributed by atoms with van der Waals surface area (Å²) in [4.78, 5) is 3.81. The molecular formula is C7H7BrF2N2. The lowest BCUT2D eigenvalue weighted by molar-refractivity contribution is 0.151. The van der Waals surface area contributed by atoms with Crippen LogP contribution >= 0.6 is 15.9 Å². The van der Waals surface area contributed by atoms with Gasteiger partial charge in [0.15, 0.2) is 0 Å². The van der Waals surface area contributed by atoms with Crippen molar-refractivity contribution in [2.45, 2.75) is 13.3 Å². The molecule has 0 amide bonds. The molecule has 1 aromatic heterocycles. The lowest BCUT2D eigenvalue weighted by Gasteiger charge is -2.07. The van der Waals surface area contributed by atoms with Gasteiger partial charge in [-0.2, -0.15) is 0 Å². The molecule has 12 heavy (non-hydrogen) atoms. The second-order valence-corrected chi connectivity index (χ2v) is 3.15. The van der Waals surface area contributed by atoms with Crippen LogP contribution in [0.2, 0.25) is 0 Å². The average Bonchev–Trinajstić information content (AvgIpc) is 1.82. The molecule has 0 bridgehead atoms. The lowest BCUT2D eigenvalue weighted by atomic mass is 10.2. The molecule has 0 aliphatic carbocycles. The van der Waals surface area contributed by atoms with E-state index in [1.807, 2.05) is 0 Å². The second kappa shape index (κ2) is 3.35. The van der Waals surface area contributed by atoms with Crippen LogP contribution in [0.25, 0.3) is 0 Å². The zero-order chi connectivity index (χ0) is 9.30. The van der Waals surface area contributed by atoms with Crippen LogP contribution in [-0.2, 0) is 0 Å². The topological polar surface area (TPSA) is 38.9 Å². The van der Waals surface area contributed by atoms with E-state index in [0.717, 1.165) is 0 Å². The number of pyridine rings is 1. The molecule has 0 unspecified atom stereocenters. The minimum absolute atomic E-state index is 0.0735. The van der Waals surface area contributed by atoms with Crippen molar-refractivity contribution in [1.29, 1.82) is 0 Å². The number of anilines is 1. The Bertz CT molecular complexity index is 278. The minimum Gasteiger partial charge on any atom is -0.398 e. The number of nitrogens with two attached hydrogens (primary N) is 1. The summed E-state index contributed by atoms with van der Waals surface area (Å²) in [5, 5.41) is 0. The maximum Gasteiger partial charge on any atom is 0.267 e. The van der Waals surface area contributed by atoms with Crippen molar-refractivity contribution in [3.63, 3.8) is 0 Å². The van der Waals surface area contributed by atoms with Gasteiger partial charge in [0, 0.05) is 11.4 Å². The number of alkyl halides is 2. The van der Waals surface area contributed by atoms with Gasteiger partial charge < -0.3 is 5.73 Å². The van der Waals surface area contributed by atoms with E-state index in [0.29, 0.717) is 4.60 Å². The fourth-order valence-electron chi connectivity index (χ4n) is 0.952. The molecule has 2 nitrogen and oxygen atoms in total. The van der Waals surface area contributed by atoms with E-state index in [1.165, 1.54) is 13.0 Å². The molecular weight excluding hydrogens is 230 g/mol. The summed E-state index contributed by atoms with van der Waals surface area (Å²) in [5.41, 5.74) is 5.53. The first-order valence-electron chi connectivity index (χ1n) is 3.23. The number of aryl methyl sites for hydroxylation is 1. The minimum atomic E-state index is -2.56. The predicted molar refractivity (Wildman–Crippen MR) is 46.0 cm³/mol. The van der Waals surface area contributed by atoms with E-state index in [9.17, 15) is 8.78 Å². The molecule has 0 aromatic carbocycles. The normalized spacial score (nSPS) is 10.8. The lowest BCUT2D eigenvalue weighted by Crippen LogP contribution is -2.00. The first kappa shape index (κ1) is 9.38. The van der Waals surface area contributed by atoms with E-state index in [4.69, 9.17) is 5.73 Å². The molecule has 1 rings (SSSR count). The van der Waals surface area contributed by atoms with Crippen molar-refractivity contribution < 1.29 is 8.78 Å². The number of nitrogen functional groups attached to an aromatic ring is 1. The highest BCUT2D eigenvalue weighted by molar-refractivity contribution is 9.10. The maximum atomic E-state index is 12.3. The van der Waals surface area contributed by atoms with Crippen LogP contribution in [0.3, 0.4) is 0 Å². The Balaban J connectivity index is 3.28. The average molecular weight is 237 g/mol. The first-order valence-corrected chi connectivity index (χ1v) is 4.02.